The summed E-state index contributed by atoms with van der Waals surface area (Å²) in [5.41, 5.74) is 9.92. The second-order valence-corrected chi connectivity index (χ2v) is 12.1. The number of rotatable bonds is 4. The van der Waals surface area contributed by atoms with Crippen LogP contribution in [0.3, 0.4) is 0 Å². The average Bonchev–Trinajstić information content (AvgIpc) is 3.13. The Bertz CT molecular complexity index is 2560. The molecule has 0 saturated carbocycles. The minimum Gasteiger partial charge on any atom is -0.0622 e. The lowest BCUT2D eigenvalue weighted by Gasteiger charge is -2.18. The summed E-state index contributed by atoms with van der Waals surface area (Å²) in [6.45, 7) is 0. The van der Waals surface area contributed by atoms with Gasteiger partial charge in [-0.15, -0.1) is 0 Å². The van der Waals surface area contributed by atoms with Crippen LogP contribution in [0, 0.1) is 0 Å². The molecule has 0 unspecified atom stereocenters. The Labute approximate surface area is 268 Å². The van der Waals surface area contributed by atoms with Crippen molar-refractivity contribution in [1.29, 1.82) is 0 Å². The van der Waals surface area contributed by atoms with Crippen molar-refractivity contribution in [3.05, 3.63) is 182 Å². The van der Waals surface area contributed by atoms with Crippen LogP contribution in [0.5, 0.6) is 0 Å². The van der Waals surface area contributed by atoms with E-state index in [9.17, 15) is 0 Å². The highest BCUT2D eigenvalue weighted by atomic mass is 14.2. The predicted octanol–water partition coefficient (Wildman–Crippen LogP) is 13.0. The van der Waals surface area contributed by atoms with Gasteiger partial charge >= 0.3 is 0 Å². The zero-order valence-corrected chi connectivity index (χ0v) is 25.3. The highest BCUT2D eigenvalue weighted by molar-refractivity contribution is 6.20. The lowest BCUT2D eigenvalue weighted by atomic mass is 9.85. The van der Waals surface area contributed by atoms with E-state index in [1.165, 1.54) is 87.6 Å². The van der Waals surface area contributed by atoms with Gasteiger partial charge in [0.05, 0.1) is 0 Å². The number of fused-ring (bicyclic) bond motifs is 4. The molecule has 0 aliphatic heterocycles. The Morgan fingerprint density at radius 2 is 0.739 bits per heavy atom. The second-order valence-electron chi connectivity index (χ2n) is 12.1. The van der Waals surface area contributed by atoms with E-state index < -0.39 is 0 Å². The van der Waals surface area contributed by atoms with Gasteiger partial charge < -0.3 is 0 Å². The maximum Gasteiger partial charge on any atom is -0.00203 e. The smallest absolute Gasteiger partial charge is 0.00203 e. The van der Waals surface area contributed by atoms with E-state index in [-0.39, 0.29) is 0 Å². The van der Waals surface area contributed by atoms with Crippen LogP contribution in [0.4, 0.5) is 0 Å². The largest absolute Gasteiger partial charge is 0.0622 e. The van der Waals surface area contributed by atoms with E-state index in [0.717, 1.165) is 0 Å². The van der Waals surface area contributed by atoms with E-state index >= 15 is 0 Å². The van der Waals surface area contributed by atoms with E-state index in [4.69, 9.17) is 0 Å². The number of hydrogen-bond acceptors (Lipinski definition) is 0. The summed E-state index contributed by atoms with van der Waals surface area (Å²) >= 11 is 0. The number of benzene rings is 9. The molecule has 0 spiro atoms. The maximum atomic E-state index is 2.40. The zero-order valence-electron chi connectivity index (χ0n) is 25.3. The van der Waals surface area contributed by atoms with Crippen LogP contribution in [0.25, 0.3) is 87.6 Å². The Balaban J connectivity index is 1.34. The lowest BCUT2D eigenvalue weighted by molar-refractivity contribution is 1.61. The molecular formula is C46H30. The third-order valence-electron chi connectivity index (χ3n) is 9.42. The Hall–Kier alpha value is -5.98. The van der Waals surface area contributed by atoms with Crippen molar-refractivity contribution in [2.75, 3.05) is 0 Å². The molecule has 0 heteroatoms. The van der Waals surface area contributed by atoms with Crippen molar-refractivity contribution in [2.45, 2.75) is 0 Å². The summed E-state index contributed by atoms with van der Waals surface area (Å²) in [4.78, 5) is 0. The van der Waals surface area contributed by atoms with Gasteiger partial charge in [0.2, 0.25) is 0 Å². The summed E-state index contributed by atoms with van der Waals surface area (Å²) < 4.78 is 0. The van der Waals surface area contributed by atoms with Gasteiger partial charge in [0.1, 0.15) is 0 Å². The molecule has 9 rings (SSSR count). The van der Waals surface area contributed by atoms with E-state index in [1.54, 1.807) is 0 Å². The first-order valence-corrected chi connectivity index (χ1v) is 15.9. The average molecular weight is 583 g/mol. The first kappa shape index (κ1) is 26.4. The SMILES string of the molecule is c1ccc(-c2ccc(-c3c4cccc(-c5ccc6ccccc6c5)c4cc4cccc(-c5ccc6ccccc6c5)c34)cc2)cc1. The summed E-state index contributed by atoms with van der Waals surface area (Å²) in [5, 5.41) is 10.1. The van der Waals surface area contributed by atoms with Gasteiger partial charge in [-0.05, 0) is 106 Å². The first-order chi connectivity index (χ1) is 22.8. The first-order valence-electron chi connectivity index (χ1n) is 15.9. The van der Waals surface area contributed by atoms with Crippen molar-refractivity contribution >= 4 is 43.1 Å². The molecular weight excluding hydrogens is 553 g/mol. The zero-order chi connectivity index (χ0) is 30.5. The molecule has 0 nitrogen and oxygen atoms in total. The molecule has 0 aromatic heterocycles. The van der Waals surface area contributed by atoms with Crippen LogP contribution >= 0.6 is 0 Å². The second kappa shape index (κ2) is 10.9. The van der Waals surface area contributed by atoms with Gasteiger partial charge in [-0.25, -0.2) is 0 Å². The van der Waals surface area contributed by atoms with Gasteiger partial charge in [-0.2, -0.15) is 0 Å². The Kier molecular flexibility index (Phi) is 6.25. The fourth-order valence-corrected chi connectivity index (χ4v) is 7.16. The van der Waals surface area contributed by atoms with Crippen LogP contribution in [-0.4, -0.2) is 0 Å². The highest BCUT2D eigenvalue weighted by Crippen LogP contribution is 2.44. The summed E-state index contributed by atoms with van der Waals surface area (Å²) in [5.74, 6) is 0. The molecule has 214 valence electrons. The quantitative estimate of drug-likeness (QED) is 0.181. The van der Waals surface area contributed by atoms with Crippen molar-refractivity contribution in [3.63, 3.8) is 0 Å². The van der Waals surface area contributed by atoms with Crippen LogP contribution in [0.15, 0.2) is 182 Å². The molecule has 0 radical (unpaired) electrons. The Morgan fingerprint density at radius 3 is 1.43 bits per heavy atom. The third kappa shape index (κ3) is 4.47. The molecule has 9 aromatic carbocycles. The standard InChI is InChI=1S/C46H30/c1-2-10-31(11-3-1)34-20-24-35(25-21-34)45-43-19-9-17-41(38-26-22-32-12-4-6-14-36(32)28-38)44(43)30-40-16-8-18-42(46(40)45)39-27-23-33-13-5-7-15-37(33)29-39/h1-30H. The lowest BCUT2D eigenvalue weighted by Crippen LogP contribution is -1.91. The van der Waals surface area contributed by atoms with Gasteiger partial charge in [-0.3, -0.25) is 0 Å². The van der Waals surface area contributed by atoms with Crippen molar-refractivity contribution in [1.82, 2.24) is 0 Å². The maximum absolute atomic E-state index is 2.40. The molecule has 0 aliphatic rings. The van der Waals surface area contributed by atoms with E-state index in [0.29, 0.717) is 0 Å². The number of hydrogen-bond donors (Lipinski definition) is 0. The van der Waals surface area contributed by atoms with Crippen LogP contribution in [-0.2, 0) is 0 Å². The monoisotopic (exact) mass is 582 g/mol. The van der Waals surface area contributed by atoms with Crippen LogP contribution in [0.1, 0.15) is 0 Å². The van der Waals surface area contributed by atoms with Crippen molar-refractivity contribution < 1.29 is 0 Å². The Morgan fingerprint density at radius 1 is 0.239 bits per heavy atom. The minimum atomic E-state index is 1.22. The normalized spacial score (nSPS) is 11.5. The van der Waals surface area contributed by atoms with E-state index in [2.05, 4.69) is 182 Å². The molecule has 9 aromatic rings. The van der Waals surface area contributed by atoms with Crippen LogP contribution in [0.2, 0.25) is 0 Å². The third-order valence-corrected chi connectivity index (χ3v) is 9.42. The molecule has 0 saturated heterocycles. The fourth-order valence-electron chi connectivity index (χ4n) is 7.16. The summed E-state index contributed by atoms with van der Waals surface area (Å²) in [6.07, 6.45) is 0. The molecule has 0 aliphatic carbocycles. The predicted molar refractivity (Wildman–Crippen MR) is 198 cm³/mol. The van der Waals surface area contributed by atoms with Gasteiger partial charge in [0, 0.05) is 0 Å². The minimum absolute atomic E-state index is 1.22. The molecule has 0 amide bonds. The summed E-state index contributed by atoms with van der Waals surface area (Å²) in [6, 6.07) is 66.7. The fraction of sp³-hybridized carbons (Fsp3) is 0. The molecule has 0 atom stereocenters. The van der Waals surface area contributed by atoms with Gasteiger partial charge in [-0.1, -0.05) is 164 Å². The molecule has 0 heterocycles. The molecule has 0 fully saturated rings. The summed E-state index contributed by atoms with van der Waals surface area (Å²) in [7, 11) is 0. The van der Waals surface area contributed by atoms with Gasteiger partial charge in [0.15, 0.2) is 0 Å². The van der Waals surface area contributed by atoms with Gasteiger partial charge in [0.25, 0.3) is 0 Å². The van der Waals surface area contributed by atoms with Crippen molar-refractivity contribution in [3.8, 4) is 44.5 Å². The van der Waals surface area contributed by atoms with E-state index in [1.807, 2.05) is 0 Å². The molecule has 0 bridgehead atoms. The van der Waals surface area contributed by atoms with Crippen molar-refractivity contribution in [2.24, 2.45) is 0 Å². The highest BCUT2D eigenvalue weighted by Gasteiger charge is 2.17. The molecule has 46 heavy (non-hydrogen) atoms. The molecule has 0 N–H and O–H groups in total. The van der Waals surface area contributed by atoms with Crippen LogP contribution < -0.4 is 0 Å². The topological polar surface area (TPSA) is 0 Å².